The molecule has 1 saturated carbocycles. The minimum absolute atomic E-state index is 0.244. The Morgan fingerprint density at radius 2 is 2.00 bits per heavy atom. The van der Waals surface area contributed by atoms with Crippen molar-refractivity contribution in [1.82, 2.24) is 0 Å². The highest BCUT2D eigenvalue weighted by Gasteiger charge is 2.31. The van der Waals surface area contributed by atoms with Gasteiger partial charge >= 0.3 is 0 Å². The van der Waals surface area contributed by atoms with Gasteiger partial charge in [-0.2, -0.15) is 0 Å². The van der Waals surface area contributed by atoms with E-state index in [1.165, 1.54) is 0 Å². The lowest BCUT2D eigenvalue weighted by atomic mass is 9.74. The molecule has 0 saturated heterocycles. The summed E-state index contributed by atoms with van der Waals surface area (Å²) < 4.78 is 0. The summed E-state index contributed by atoms with van der Waals surface area (Å²) in [4.78, 5) is 11.7. The summed E-state index contributed by atoms with van der Waals surface area (Å²) in [6.45, 7) is 10.2. The van der Waals surface area contributed by atoms with Gasteiger partial charge in [-0.15, -0.1) is 0 Å². The van der Waals surface area contributed by atoms with Gasteiger partial charge in [-0.3, -0.25) is 4.79 Å². The minimum atomic E-state index is 0.244. The molecule has 1 rings (SSSR count). The van der Waals surface area contributed by atoms with E-state index in [1.54, 1.807) is 0 Å². The summed E-state index contributed by atoms with van der Waals surface area (Å²) in [5, 5.41) is 0. The SMILES string of the molecule is C=C1C(=O)[C@H](C(C)C)CC[C@@H]1C. The van der Waals surface area contributed by atoms with Gasteiger partial charge in [0.1, 0.15) is 0 Å². The van der Waals surface area contributed by atoms with E-state index in [0.29, 0.717) is 17.6 Å². The predicted molar refractivity (Wildman–Crippen MR) is 50.9 cm³/mol. The van der Waals surface area contributed by atoms with Crippen LogP contribution >= 0.6 is 0 Å². The number of carbonyl (C=O) groups excluding carboxylic acids is 1. The molecule has 12 heavy (non-hydrogen) atoms. The van der Waals surface area contributed by atoms with Crippen LogP contribution in [0.1, 0.15) is 33.6 Å². The topological polar surface area (TPSA) is 17.1 Å². The quantitative estimate of drug-likeness (QED) is 0.547. The Hall–Kier alpha value is -0.590. The van der Waals surface area contributed by atoms with Crippen molar-refractivity contribution in [3.63, 3.8) is 0 Å². The van der Waals surface area contributed by atoms with Crippen molar-refractivity contribution in [3.8, 4) is 0 Å². The van der Waals surface area contributed by atoms with Crippen LogP contribution in [0.5, 0.6) is 0 Å². The van der Waals surface area contributed by atoms with Crippen LogP contribution in [0.3, 0.4) is 0 Å². The molecule has 0 aliphatic heterocycles. The second-order valence-electron chi connectivity index (χ2n) is 4.22. The van der Waals surface area contributed by atoms with Crippen molar-refractivity contribution >= 4 is 5.78 Å². The lowest BCUT2D eigenvalue weighted by Crippen LogP contribution is -2.29. The highest BCUT2D eigenvalue weighted by atomic mass is 16.1. The first-order valence-corrected chi connectivity index (χ1v) is 4.77. The zero-order valence-electron chi connectivity index (χ0n) is 8.26. The van der Waals surface area contributed by atoms with E-state index in [2.05, 4.69) is 27.4 Å². The number of hydrogen-bond acceptors (Lipinski definition) is 1. The molecule has 1 nitrogen and oxygen atoms in total. The molecule has 0 amide bonds. The van der Waals surface area contributed by atoms with Crippen LogP contribution in [0.4, 0.5) is 0 Å². The predicted octanol–water partition coefficient (Wildman–Crippen LogP) is 2.81. The number of Topliss-reactive ketones (excluding diaryl/α,β-unsaturated/α-hetero) is 1. The van der Waals surface area contributed by atoms with Gasteiger partial charge in [-0.25, -0.2) is 0 Å². The van der Waals surface area contributed by atoms with Gasteiger partial charge in [0.2, 0.25) is 0 Å². The van der Waals surface area contributed by atoms with Crippen LogP contribution in [-0.4, -0.2) is 5.78 Å². The summed E-state index contributed by atoms with van der Waals surface area (Å²) in [7, 11) is 0. The van der Waals surface area contributed by atoms with Gasteiger partial charge in [0.05, 0.1) is 0 Å². The normalized spacial score (nSPS) is 31.3. The third-order valence-electron chi connectivity index (χ3n) is 2.96. The molecule has 0 aromatic heterocycles. The summed E-state index contributed by atoms with van der Waals surface area (Å²) in [5.74, 6) is 1.44. The molecule has 0 radical (unpaired) electrons. The molecule has 0 unspecified atom stereocenters. The first-order chi connectivity index (χ1) is 5.54. The van der Waals surface area contributed by atoms with Crippen LogP contribution in [-0.2, 0) is 4.79 Å². The number of ketones is 1. The third-order valence-corrected chi connectivity index (χ3v) is 2.96. The molecule has 1 fully saturated rings. The standard InChI is InChI=1S/C11H18O/c1-7(2)10-6-5-8(3)9(4)11(10)12/h7-8,10H,4-6H2,1-3H3/t8-,10-/m0/s1. The second kappa shape index (κ2) is 3.42. The van der Waals surface area contributed by atoms with Crippen LogP contribution in [0.15, 0.2) is 12.2 Å². The zero-order chi connectivity index (χ0) is 9.30. The highest BCUT2D eigenvalue weighted by molar-refractivity contribution is 5.97. The summed E-state index contributed by atoms with van der Waals surface area (Å²) in [5.41, 5.74) is 0.847. The van der Waals surface area contributed by atoms with E-state index in [1.807, 2.05) is 0 Å². The van der Waals surface area contributed by atoms with Crippen LogP contribution in [0, 0.1) is 17.8 Å². The number of hydrogen-bond donors (Lipinski definition) is 0. The number of allylic oxidation sites excluding steroid dienone is 1. The molecular formula is C11H18O. The maximum Gasteiger partial charge on any atom is 0.161 e. The van der Waals surface area contributed by atoms with Crippen LogP contribution in [0.2, 0.25) is 0 Å². The van der Waals surface area contributed by atoms with Crippen molar-refractivity contribution in [1.29, 1.82) is 0 Å². The van der Waals surface area contributed by atoms with Crippen molar-refractivity contribution in [2.45, 2.75) is 33.6 Å². The van der Waals surface area contributed by atoms with Crippen molar-refractivity contribution in [2.24, 2.45) is 17.8 Å². The third kappa shape index (κ3) is 1.60. The van der Waals surface area contributed by atoms with E-state index >= 15 is 0 Å². The summed E-state index contributed by atoms with van der Waals surface area (Å²) in [6.07, 6.45) is 2.18. The van der Waals surface area contributed by atoms with E-state index in [-0.39, 0.29) is 5.92 Å². The van der Waals surface area contributed by atoms with E-state index in [9.17, 15) is 4.79 Å². The van der Waals surface area contributed by atoms with Crippen LogP contribution in [0.25, 0.3) is 0 Å². The van der Waals surface area contributed by atoms with Gasteiger partial charge in [-0.05, 0) is 30.3 Å². The zero-order valence-corrected chi connectivity index (χ0v) is 8.26. The molecule has 0 bridgehead atoms. The number of rotatable bonds is 1. The molecule has 2 atom stereocenters. The van der Waals surface area contributed by atoms with Gasteiger partial charge < -0.3 is 0 Å². The Balaban J connectivity index is 2.72. The Kier molecular flexibility index (Phi) is 2.71. The largest absolute Gasteiger partial charge is 0.294 e. The Bertz CT molecular complexity index is 203. The van der Waals surface area contributed by atoms with E-state index in [0.717, 1.165) is 18.4 Å². The number of carbonyl (C=O) groups is 1. The summed E-state index contributed by atoms with van der Waals surface area (Å²) in [6, 6.07) is 0. The molecule has 0 aromatic carbocycles. The van der Waals surface area contributed by atoms with Crippen molar-refractivity contribution < 1.29 is 4.79 Å². The fraction of sp³-hybridized carbons (Fsp3) is 0.727. The van der Waals surface area contributed by atoms with Gasteiger partial charge in [-0.1, -0.05) is 27.4 Å². The first kappa shape index (κ1) is 9.50. The van der Waals surface area contributed by atoms with E-state index in [4.69, 9.17) is 0 Å². The molecule has 0 aromatic rings. The Labute approximate surface area is 74.9 Å². The summed E-state index contributed by atoms with van der Waals surface area (Å²) >= 11 is 0. The average molecular weight is 166 g/mol. The van der Waals surface area contributed by atoms with Crippen molar-refractivity contribution in [3.05, 3.63) is 12.2 Å². The fourth-order valence-electron chi connectivity index (χ4n) is 1.85. The fourth-order valence-corrected chi connectivity index (χ4v) is 1.85. The monoisotopic (exact) mass is 166 g/mol. The van der Waals surface area contributed by atoms with Crippen molar-refractivity contribution in [2.75, 3.05) is 0 Å². The van der Waals surface area contributed by atoms with Gasteiger partial charge in [0, 0.05) is 5.92 Å². The maximum absolute atomic E-state index is 11.7. The molecule has 1 aliphatic carbocycles. The van der Waals surface area contributed by atoms with E-state index < -0.39 is 0 Å². The highest BCUT2D eigenvalue weighted by Crippen LogP contribution is 2.32. The molecule has 68 valence electrons. The Morgan fingerprint density at radius 3 is 2.50 bits per heavy atom. The molecule has 1 aliphatic rings. The minimum Gasteiger partial charge on any atom is -0.294 e. The first-order valence-electron chi connectivity index (χ1n) is 4.77. The Morgan fingerprint density at radius 1 is 1.42 bits per heavy atom. The molecule has 1 heteroatoms. The molecule has 0 heterocycles. The smallest absolute Gasteiger partial charge is 0.161 e. The second-order valence-corrected chi connectivity index (χ2v) is 4.22. The lowest BCUT2D eigenvalue weighted by molar-refractivity contribution is -0.122. The molecule has 0 N–H and O–H groups in total. The lowest BCUT2D eigenvalue weighted by Gasteiger charge is -2.29. The van der Waals surface area contributed by atoms with Gasteiger partial charge in [0.15, 0.2) is 5.78 Å². The molecule has 0 spiro atoms. The average Bonchev–Trinajstić information content (AvgIpc) is 2.00. The molecular weight excluding hydrogens is 148 g/mol. The van der Waals surface area contributed by atoms with Crippen LogP contribution < -0.4 is 0 Å². The maximum atomic E-state index is 11.7. The van der Waals surface area contributed by atoms with Gasteiger partial charge in [0.25, 0.3) is 0 Å².